The van der Waals surface area contributed by atoms with Crippen LogP contribution in [-0.2, 0) is 5.41 Å². The van der Waals surface area contributed by atoms with E-state index in [0.717, 1.165) is 5.39 Å². The van der Waals surface area contributed by atoms with Crippen LogP contribution in [0.3, 0.4) is 0 Å². The first kappa shape index (κ1) is 22.6. The van der Waals surface area contributed by atoms with Gasteiger partial charge in [0.2, 0.25) is 0 Å². The molecule has 38 heavy (non-hydrogen) atoms. The lowest BCUT2D eigenvalue weighted by Crippen LogP contribution is -2.30. The van der Waals surface area contributed by atoms with Gasteiger partial charge in [-0.05, 0) is 83.3 Å². The lowest BCUT2D eigenvalue weighted by Gasteiger charge is -2.42. The van der Waals surface area contributed by atoms with E-state index < -0.39 is 0 Å². The molecule has 3 nitrogen and oxygen atoms in total. The number of para-hydroxylation sites is 2. The van der Waals surface area contributed by atoms with Crippen LogP contribution in [0.25, 0.3) is 27.7 Å². The summed E-state index contributed by atoms with van der Waals surface area (Å²) in [6.45, 7) is 6.83. The van der Waals surface area contributed by atoms with E-state index in [4.69, 9.17) is 0 Å². The van der Waals surface area contributed by atoms with Crippen molar-refractivity contribution < 1.29 is 0 Å². The van der Waals surface area contributed by atoms with Gasteiger partial charge in [0.1, 0.15) is 0 Å². The smallest absolute Gasteiger partial charge is 0.0559 e. The minimum atomic E-state index is -0.0511. The summed E-state index contributed by atoms with van der Waals surface area (Å²) >= 11 is 0. The molecule has 0 saturated carbocycles. The highest BCUT2D eigenvalue weighted by Crippen LogP contribution is 2.51. The topological polar surface area (TPSA) is 21.1 Å². The standard InChI is InChI=1S/C35H29N3/c1-24-22-26(14-17-31(24)37-21-19-27-23-36-20-18-32(27)37)25-12-15-28(16-13-25)38-33-10-6-4-8-29(33)35(2,3)30-9-5-7-11-34(30)38/h4-23H,1-3H3. The Kier molecular flexibility index (Phi) is 5.02. The number of aromatic nitrogens is 2. The maximum Gasteiger partial charge on any atom is 0.0559 e. The van der Waals surface area contributed by atoms with Gasteiger partial charge < -0.3 is 9.47 Å². The Hall–Kier alpha value is -4.63. The second-order valence-corrected chi connectivity index (χ2v) is 10.7. The van der Waals surface area contributed by atoms with Crippen LogP contribution in [0.5, 0.6) is 0 Å². The van der Waals surface area contributed by atoms with Crippen LogP contribution < -0.4 is 4.90 Å². The Bertz CT molecular complexity index is 1760. The van der Waals surface area contributed by atoms with E-state index in [9.17, 15) is 0 Å². The molecule has 7 rings (SSSR count). The molecule has 0 fully saturated rings. The zero-order valence-corrected chi connectivity index (χ0v) is 21.9. The Morgan fingerprint density at radius 3 is 2.00 bits per heavy atom. The molecule has 2 aromatic heterocycles. The molecule has 0 aliphatic carbocycles. The molecule has 0 unspecified atom stereocenters. The molecule has 1 aliphatic heterocycles. The molecule has 184 valence electrons. The summed E-state index contributed by atoms with van der Waals surface area (Å²) in [5, 5.41) is 1.15. The largest absolute Gasteiger partial charge is 0.316 e. The van der Waals surface area contributed by atoms with Crippen molar-refractivity contribution in [2.75, 3.05) is 4.90 Å². The first-order valence-electron chi connectivity index (χ1n) is 13.1. The van der Waals surface area contributed by atoms with Crippen molar-refractivity contribution in [1.29, 1.82) is 0 Å². The maximum atomic E-state index is 4.25. The third kappa shape index (κ3) is 3.39. The second kappa shape index (κ2) is 8.46. The van der Waals surface area contributed by atoms with Crippen molar-refractivity contribution in [2.45, 2.75) is 26.2 Å². The van der Waals surface area contributed by atoms with Gasteiger partial charge in [-0.1, -0.05) is 68.4 Å². The van der Waals surface area contributed by atoms with Crippen LogP contribution in [-0.4, -0.2) is 9.55 Å². The summed E-state index contributed by atoms with van der Waals surface area (Å²) in [5.74, 6) is 0. The number of aryl methyl sites for hydroxylation is 1. The van der Waals surface area contributed by atoms with Crippen LogP contribution in [0.2, 0.25) is 0 Å². The Morgan fingerprint density at radius 2 is 1.32 bits per heavy atom. The normalized spacial score (nSPS) is 13.8. The zero-order chi connectivity index (χ0) is 25.9. The molecule has 0 amide bonds. The van der Waals surface area contributed by atoms with Gasteiger partial charge in [0, 0.05) is 40.8 Å². The third-order valence-electron chi connectivity index (χ3n) is 8.04. The highest BCUT2D eigenvalue weighted by molar-refractivity contribution is 5.86. The summed E-state index contributed by atoms with van der Waals surface area (Å²) in [4.78, 5) is 6.65. The Morgan fingerprint density at radius 1 is 0.658 bits per heavy atom. The predicted octanol–water partition coefficient (Wildman–Crippen LogP) is 9.11. The molecular weight excluding hydrogens is 462 g/mol. The van der Waals surface area contributed by atoms with Crippen molar-refractivity contribution in [3.63, 3.8) is 0 Å². The molecule has 0 atom stereocenters. The van der Waals surface area contributed by atoms with Gasteiger partial charge >= 0.3 is 0 Å². The number of hydrogen-bond acceptors (Lipinski definition) is 2. The SMILES string of the molecule is Cc1cc(-c2ccc(N3c4ccccc4C(C)(C)c4ccccc43)cc2)ccc1-n1ccc2cnccc21. The highest BCUT2D eigenvalue weighted by Gasteiger charge is 2.36. The molecular formula is C35H29N3. The van der Waals surface area contributed by atoms with Gasteiger partial charge in [-0.3, -0.25) is 4.98 Å². The molecule has 4 aromatic carbocycles. The molecule has 0 saturated heterocycles. The predicted molar refractivity (Wildman–Crippen MR) is 158 cm³/mol. The Labute approximate surface area is 223 Å². The van der Waals surface area contributed by atoms with Crippen molar-refractivity contribution in [2.24, 2.45) is 0 Å². The van der Waals surface area contributed by atoms with Crippen molar-refractivity contribution in [3.8, 4) is 16.8 Å². The number of pyridine rings is 1. The average Bonchev–Trinajstić information content (AvgIpc) is 3.38. The van der Waals surface area contributed by atoms with E-state index in [1.165, 1.54) is 56.1 Å². The summed E-state index contributed by atoms with van der Waals surface area (Å²) in [7, 11) is 0. The fourth-order valence-electron chi connectivity index (χ4n) is 6.05. The summed E-state index contributed by atoms with van der Waals surface area (Å²) in [6, 6.07) is 37.5. The number of benzene rings is 4. The number of rotatable bonds is 3. The molecule has 0 spiro atoms. The number of fused-ring (bicyclic) bond motifs is 3. The van der Waals surface area contributed by atoms with Crippen LogP contribution in [0.1, 0.15) is 30.5 Å². The van der Waals surface area contributed by atoms with Gasteiger partial charge in [-0.2, -0.15) is 0 Å². The monoisotopic (exact) mass is 491 g/mol. The molecule has 6 aromatic rings. The summed E-state index contributed by atoms with van der Waals surface area (Å²) in [6.07, 6.45) is 5.89. The number of anilines is 3. The summed E-state index contributed by atoms with van der Waals surface area (Å²) < 4.78 is 2.24. The van der Waals surface area contributed by atoms with Crippen LogP contribution in [0.4, 0.5) is 17.1 Å². The first-order valence-corrected chi connectivity index (χ1v) is 13.1. The van der Waals surface area contributed by atoms with Gasteiger partial charge in [-0.25, -0.2) is 0 Å². The first-order chi connectivity index (χ1) is 18.5. The number of nitrogens with zero attached hydrogens (tertiary/aromatic N) is 3. The van der Waals surface area contributed by atoms with E-state index in [2.05, 4.69) is 145 Å². The molecule has 0 radical (unpaired) electrons. The maximum absolute atomic E-state index is 4.25. The fraction of sp³-hybridized carbons (Fsp3) is 0.114. The van der Waals surface area contributed by atoms with Gasteiger partial charge in [0.05, 0.1) is 16.9 Å². The van der Waals surface area contributed by atoms with E-state index in [0.29, 0.717) is 0 Å². The minimum Gasteiger partial charge on any atom is -0.316 e. The molecule has 3 heteroatoms. The fourth-order valence-corrected chi connectivity index (χ4v) is 6.05. The molecule has 3 heterocycles. The van der Waals surface area contributed by atoms with E-state index in [-0.39, 0.29) is 5.41 Å². The van der Waals surface area contributed by atoms with E-state index in [1.54, 1.807) is 0 Å². The van der Waals surface area contributed by atoms with Gasteiger partial charge in [0.15, 0.2) is 0 Å². The Balaban J connectivity index is 1.27. The third-order valence-corrected chi connectivity index (χ3v) is 8.04. The molecule has 0 N–H and O–H groups in total. The molecule has 0 bridgehead atoms. The van der Waals surface area contributed by atoms with Crippen molar-refractivity contribution in [3.05, 3.63) is 138 Å². The zero-order valence-electron chi connectivity index (χ0n) is 21.9. The van der Waals surface area contributed by atoms with Crippen molar-refractivity contribution in [1.82, 2.24) is 9.55 Å². The summed E-state index contributed by atoms with van der Waals surface area (Å²) in [5.41, 5.74) is 12.3. The quantitative estimate of drug-likeness (QED) is 0.246. The van der Waals surface area contributed by atoms with E-state index in [1.807, 2.05) is 12.4 Å². The lowest BCUT2D eigenvalue weighted by molar-refractivity contribution is 0.632. The van der Waals surface area contributed by atoms with Crippen LogP contribution >= 0.6 is 0 Å². The molecule has 1 aliphatic rings. The second-order valence-electron chi connectivity index (χ2n) is 10.7. The average molecular weight is 492 g/mol. The van der Waals surface area contributed by atoms with Crippen LogP contribution in [0.15, 0.2) is 122 Å². The van der Waals surface area contributed by atoms with Gasteiger partial charge in [0.25, 0.3) is 0 Å². The van der Waals surface area contributed by atoms with Gasteiger partial charge in [-0.15, -0.1) is 0 Å². The minimum absolute atomic E-state index is 0.0511. The highest BCUT2D eigenvalue weighted by atomic mass is 15.2. The van der Waals surface area contributed by atoms with Crippen molar-refractivity contribution >= 4 is 28.0 Å². The lowest BCUT2D eigenvalue weighted by atomic mass is 9.73. The number of hydrogen-bond donors (Lipinski definition) is 0. The van der Waals surface area contributed by atoms with Crippen LogP contribution in [0, 0.1) is 6.92 Å². The van der Waals surface area contributed by atoms with E-state index >= 15 is 0 Å².